The monoisotopic (exact) mass is 371 g/mol. The van der Waals surface area contributed by atoms with Crippen LogP contribution in [0.5, 0.6) is 0 Å². The molecule has 4 N–H and O–H groups in total. The van der Waals surface area contributed by atoms with Crippen LogP contribution in [0.1, 0.15) is 59.3 Å². The Kier molecular flexibility index (Phi) is 4.94. The van der Waals surface area contributed by atoms with Crippen LogP contribution < -0.4 is 0 Å². The van der Waals surface area contributed by atoms with Gasteiger partial charge >= 0.3 is 5.97 Å². The van der Waals surface area contributed by atoms with E-state index in [4.69, 9.17) is 4.74 Å². The molecule has 0 aromatic carbocycles. The van der Waals surface area contributed by atoms with Crippen LogP contribution in [0.15, 0.2) is 0 Å². The minimum atomic E-state index is -1.06. The number of fused-ring (bicyclic) bond motifs is 2. The topological polar surface area (TPSA) is 110 Å². The van der Waals surface area contributed by atoms with Crippen molar-refractivity contribution >= 4 is 5.97 Å². The summed E-state index contributed by atoms with van der Waals surface area (Å²) in [6.07, 6.45) is 2.46. The lowest BCUT2D eigenvalue weighted by atomic mass is 9.60. The highest BCUT2D eigenvalue weighted by Crippen LogP contribution is 2.59. The van der Waals surface area contributed by atoms with Crippen molar-refractivity contribution in [2.24, 2.45) is 5.92 Å². The Labute approximate surface area is 155 Å². The summed E-state index contributed by atoms with van der Waals surface area (Å²) in [5.74, 6) is -0.773. The molecular formula is C19H33NO6. The molecule has 3 aliphatic rings. The van der Waals surface area contributed by atoms with Crippen molar-refractivity contribution in [3.8, 4) is 0 Å². The molecule has 3 rings (SSSR count). The summed E-state index contributed by atoms with van der Waals surface area (Å²) in [7, 11) is 0. The fourth-order valence-electron chi connectivity index (χ4n) is 6.02. The quantitative estimate of drug-likeness (QED) is 0.577. The van der Waals surface area contributed by atoms with Crippen LogP contribution in [-0.2, 0) is 9.53 Å². The van der Waals surface area contributed by atoms with Gasteiger partial charge in [-0.05, 0) is 58.4 Å². The molecular weight excluding hydrogens is 338 g/mol. The summed E-state index contributed by atoms with van der Waals surface area (Å²) in [4.78, 5) is 13.6. The molecule has 0 aromatic heterocycles. The summed E-state index contributed by atoms with van der Waals surface area (Å²) in [5.41, 5.74) is -2.84. The second-order valence-electron chi connectivity index (χ2n) is 9.09. The zero-order chi connectivity index (χ0) is 19.4. The van der Waals surface area contributed by atoms with Gasteiger partial charge in [0.2, 0.25) is 0 Å². The molecule has 0 amide bonds. The molecule has 3 saturated heterocycles. The fraction of sp³-hybridized carbons (Fsp3) is 0.947. The molecule has 0 aromatic rings. The molecule has 7 nitrogen and oxygen atoms in total. The second-order valence-corrected chi connectivity index (χ2v) is 9.09. The molecule has 0 saturated carbocycles. The Balaban J connectivity index is 2.02. The van der Waals surface area contributed by atoms with Crippen molar-refractivity contribution in [3.63, 3.8) is 0 Å². The average Bonchev–Trinajstić information content (AvgIpc) is 2.98. The van der Waals surface area contributed by atoms with Gasteiger partial charge in [0, 0.05) is 5.54 Å². The zero-order valence-electron chi connectivity index (χ0n) is 16.1. The van der Waals surface area contributed by atoms with Crippen LogP contribution in [-0.4, -0.2) is 79.4 Å². The first-order valence-electron chi connectivity index (χ1n) is 9.69. The minimum absolute atomic E-state index is 0.144. The number of aliphatic hydroxyl groups is 3. The number of hydrogen-bond acceptors (Lipinski definition) is 6. The Morgan fingerprint density at radius 2 is 1.85 bits per heavy atom. The van der Waals surface area contributed by atoms with Crippen LogP contribution in [0.4, 0.5) is 0 Å². The molecule has 0 radical (unpaired) electrons. The Morgan fingerprint density at radius 3 is 2.42 bits per heavy atom. The molecule has 0 bridgehead atoms. The SMILES string of the molecule is CC1CCN2C(C)(CO)C(O)CC[C@]2(C)C12CCC(CO)(CC(=O)O)O2. The van der Waals surface area contributed by atoms with Gasteiger partial charge in [0.05, 0.1) is 36.9 Å². The first kappa shape index (κ1) is 20.0. The lowest BCUT2D eigenvalue weighted by molar-refractivity contribution is -0.269. The second kappa shape index (κ2) is 6.41. The summed E-state index contributed by atoms with van der Waals surface area (Å²) in [6, 6.07) is 0. The van der Waals surface area contributed by atoms with E-state index in [9.17, 15) is 25.2 Å². The molecule has 150 valence electrons. The number of carboxylic acids is 1. The molecule has 3 aliphatic heterocycles. The maximum atomic E-state index is 11.4. The third-order valence-corrected chi connectivity index (χ3v) is 7.76. The highest BCUT2D eigenvalue weighted by molar-refractivity contribution is 5.68. The summed E-state index contributed by atoms with van der Waals surface area (Å²) in [5, 5.41) is 39.9. The average molecular weight is 371 g/mol. The maximum Gasteiger partial charge on any atom is 0.306 e. The van der Waals surface area contributed by atoms with Crippen LogP contribution in [0.25, 0.3) is 0 Å². The van der Waals surface area contributed by atoms with E-state index < -0.39 is 34.4 Å². The van der Waals surface area contributed by atoms with Gasteiger partial charge < -0.3 is 25.2 Å². The molecule has 6 atom stereocenters. The van der Waals surface area contributed by atoms with Crippen molar-refractivity contribution in [2.75, 3.05) is 19.8 Å². The van der Waals surface area contributed by atoms with Gasteiger partial charge in [-0.2, -0.15) is 0 Å². The summed E-state index contributed by atoms with van der Waals surface area (Å²) >= 11 is 0. The molecule has 1 spiro atoms. The van der Waals surface area contributed by atoms with E-state index in [0.29, 0.717) is 25.7 Å². The number of ether oxygens (including phenoxy) is 1. The van der Waals surface area contributed by atoms with E-state index in [-0.39, 0.29) is 25.6 Å². The number of piperidine rings is 2. The number of carbonyl (C=O) groups is 1. The van der Waals surface area contributed by atoms with Crippen LogP contribution in [0, 0.1) is 5.92 Å². The lowest BCUT2D eigenvalue weighted by Gasteiger charge is -2.67. The summed E-state index contributed by atoms with van der Waals surface area (Å²) in [6.45, 7) is 6.44. The molecule has 0 aliphatic carbocycles. The third kappa shape index (κ3) is 2.55. The predicted octanol–water partition coefficient (Wildman–Crippen LogP) is 0.748. The van der Waals surface area contributed by atoms with Gasteiger partial charge in [-0.15, -0.1) is 0 Å². The highest BCUT2D eigenvalue weighted by atomic mass is 16.5. The predicted molar refractivity (Wildman–Crippen MR) is 94.7 cm³/mol. The number of carboxylic acid groups (broad SMARTS) is 1. The van der Waals surface area contributed by atoms with Crippen molar-refractivity contribution in [2.45, 2.75) is 87.7 Å². The summed E-state index contributed by atoms with van der Waals surface area (Å²) < 4.78 is 6.56. The fourth-order valence-corrected chi connectivity index (χ4v) is 6.02. The Hall–Kier alpha value is -0.730. The van der Waals surface area contributed by atoms with E-state index in [1.54, 1.807) is 0 Å². The van der Waals surface area contributed by atoms with E-state index in [0.717, 1.165) is 13.0 Å². The van der Waals surface area contributed by atoms with Crippen LogP contribution >= 0.6 is 0 Å². The number of aliphatic hydroxyl groups excluding tert-OH is 3. The maximum absolute atomic E-state index is 11.4. The normalized spacial score (nSPS) is 49.3. The van der Waals surface area contributed by atoms with E-state index >= 15 is 0 Å². The largest absolute Gasteiger partial charge is 0.481 e. The first-order chi connectivity index (χ1) is 12.1. The number of aliphatic carboxylic acids is 1. The van der Waals surface area contributed by atoms with Crippen molar-refractivity contribution < 1.29 is 30.0 Å². The van der Waals surface area contributed by atoms with Gasteiger partial charge in [-0.1, -0.05) is 6.92 Å². The van der Waals surface area contributed by atoms with Crippen molar-refractivity contribution in [3.05, 3.63) is 0 Å². The van der Waals surface area contributed by atoms with E-state index in [1.165, 1.54) is 0 Å². The molecule has 7 heteroatoms. The number of rotatable bonds is 4. The first-order valence-corrected chi connectivity index (χ1v) is 9.69. The van der Waals surface area contributed by atoms with Crippen LogP contribution in [0.2, 0.25) is 0 Å². The van der Waals surface area contributed by atoms with Gasteiger partial charge in [0.15, 0.2) is 0 Å². The number of nitrogens with zero attached hydrogens (tertiary/aromatic N) is 1. The van der Waals surface area contributed by atoms with Gasteiger partial charge in [-0.25, -0.2) is 0 Å². The third-order valence-electron chi connectivity index (χ3n) is 7.76. The van der Waals surface area contributed by atoms with E-state index in [2.05, 4.69) is 18.7 Å². The Bertz CT molecular complexity index is 572. The van der Waals surface area contributed by atoms with Crippen molar-refractivity contribution in [1.82, 2.24) is 4.90 Å². The van der Waals surface area contributed by atoms with Gasteiger partial charge in [-0.3, -0.25) is 9.69 Å². The van der Waals surface area contributed by atoms with E-state index in [1.807, 2.05) is 6.92 Å². The van der Waals surface area contributed by atoms with Gasteiger partial charge in [0.25, 0.3) is 0 Å². The van der Waals surface area contributed by atoms with Crippen molar-refractivity contribution in [1.29, 1.82) is 0 Å². The Morgan fingerprint density at radius 1 is 1.15 bits per heavy atom. The van der Waals surface area contributed by atoms with Crippen LogP contribution in [0.3, 0.4) is 0 Å². The molecule has 26 heavy (non-hydrogen) atoms. The molecule has 3 fully saturated rings. The zero-order valence-corrected chi connectivity index (χ0v) is 16.1. The highest BCUT2D eigenvalue weighted by Gasteiger charge is 2.68. The van der Waals surface area contributed by atoms with Gasteiger partial charge in [0.1, 0.15) is 5.60 Å². The standard InChI is InChI=1S/C19H33NO6/c1-13-5-9-20-16(2,11-21)14(23)4-6-17(20,3)19(13)8-7-18(12-22,26-19)10-15(24)25/h13-14,21-23H,4-12H2,1-3H3,(H,24,25)/t13?,14?,16?,17-,18?,19?/m1/s1. The molecule has 5 unspecified atom stereocenters. The lowest BCUT2D eigenvalue weighted by Crippen LogP contribution is -2.78. The molecule has 3 heterocycles. The smallest absolute Gasteiger partial charge is 0.306 e. The minimum Gasteiger partial charge on any atom is -0.481 e. The number of hydrogen-bond donors (Lipinski definition) is 4.